The van der Waals surface area contributed by atoms with Crippen molar-refractivity contribution < 1.29 is 0 Å². The van der Waals surface area contributed by atoms with E-state index in [1.165, 1.54) is 0 Å². The van der Waals surface area contributed by atoms with Crippen molar-refractivity contribution in [1.82, 2.24) is 5.32 Å². The zero-order chi connectivity index (χ0) is 4.12. The molecule has 0 saturated carbocycles. The van der Waals surface area contributed by atoms with Gasteiger partial charge in [0.15, 0.2) is 0 Å². The van der Waals surface area contributed by atoms with E-state index in [0.29, 0.717) is 0 Å². The summed E-state index contributed by atoms with van der Waals surface area (Å²) in [6.07, 6.45) is 0. The average Bonchev–Trinajstić information content (AvgIpc) is 1.41. The first kappa shape index (κ1) is 10.6. The Kier molecular flexibility index (Phi) is 17.2. The fourth-order valence-electron chi connectivity index (χ4n) is 0.250. The Morgan fingerprint density at radius 3 is 1.50 bits per heavy atom. The number of nitrogens with one attached hydrogen (secondary N) is 1. The first-order chi connectivity index (χ1) is 2.41. The molecule has 0 spiro atoms. The molecule has 0 aromatic carbocycles. The zero-order valence-electron chi connectivity index (χ0n) is 3.91. The molecule has 0 fully saturated rings. The van der Waals surface area contributed by atoms with Crippen LogP contribution in [-0.4, -0.2) is 64.5 Å². The predicted octanol–water partition coefficient (Wildman–Crippen LogP) is -0.0327. The van der Waals surface area contributed by atoms with Crippen molar-refractivity contribution in [3.8, 4) is 0 Å². The van der Waals surface area contributed by atoms with Crippen LogP contribution >= 0.6 is 0 Å². The van der Waals surface area contributed by atoms with Crippen LogP contribution < -0.4 is 5.32 Å². The molecule has 0 rings (SSSR count). The van der Waals surface area contributed by atoms with Crippen LogP contribution in [0.2, 0.25) is 0 Å². The van der Waals surface area contributed by atoms with Gasteiger partial charge in [0.25, 0.3) is 0 Å². The van der Waals surface area contributed by atoms with Crippen LogP contribution in [0.4, 0.5) is 0 Å². The standard InChI is InChI=1S/C4H11N.K.H/c1-3-5-4-2;;/h5H,3-4H2,1-2H3;;. The molecule has 0 aliphatic carbocycles. The van der Waals surface area contributed by atoms with Gasteiger partial charge in [-0.1, -0.05) is 13.8 Å². The van der Waals surface area contributed by atoms with E-state index in [2.05, 4.69) is 19.2 Å². The Balaban J connectivity index is 0. The minimum atomic E-state index is 0. The van der Waals surface area contributed by atoms with Crippen LogP contribution in [0.15, 0.2) is 0 Å². The first-order valence-corrected chi connectivity index (χ1v) is 2.12. The van der Waals surface area contributed by atoms with E-state index in [-0.39, 0.29) is 51.4 Å². The molecule has 0 radical (unpaired) electrons. The first-order valence-electron chi connectivity index (χ1n) is 2.12. The van der Waals surface area contributed by atoms with Crippen molar-refractivity contribution in [1.29, 1.82) is 0 Å². The van der Waals surface area contributed by atoms with E-state index in [4.69, 9.17) is 0 Å². The summed E-state index contributed by atoms with van der Waals surface area (Å²) < 4.78 is 0. The van der Waals surface area contributed by atoms with Gasteiger partial charge in [0.05, 0.1) is 0 Å². The van der Waals surface area contributed by atoms with Crippen molar-refractivity contribution >= 4 is 51.4 Å². The molecule has 34 valence electrons. The van der Waals surface area contributed by atoms with Crippen molar-refractivity contribution in [3.63, 3.8) is 0 Å². The minimum absolute atomic E-state index is 0. The van der Waals surface area contributed by atoms with Crippen molar-refractivity contribution in [3.05, 3.63) is 0 Å². The van der Waals surface area contributed by atoms with E-state index < -0.39 is 0 Å². The van der Waals surface area contributed by atoms with Gasteiger partial charge in [-0.15, -0.1) is 0 Å². The molecule has 1 nitrogen and oxygen atoms in total. The molecule has 0 aliphatic rings. The monoisotopic (exact) mass is 113 g/mol. The number of hydrogen-bond donors (Lipinski definition) is 1. The van der Waals surface area contributed by atoms with Gasteiger partial charge in [0, 0.05) is 0 Å². The van der Waals surface area contributed by atoms with Gasteiger partial charge in [0.1, 0.15) is 0 Å². The van der Waals surface area contributed by atoms with Gasteiger partial charge in [-0.2, -0.15) is 0 Å². The topological polar surface area (TPSA) is 12.0 Å². The molecule has 0 bridgehead atoms. The molecule has 6 heavy (non-hydrogen) atoms. The van der Waals surface area contributed by atoms with Gasteiger partial charge in [-0.25, -0.2) is 0 Å². The fraction of sp³-hybridized carbons (Fsp3) is 1.00. The molecule has 0 atom stereocenters. The Morgan fingerprint density at radius 2 is 1.50 bits per heavy atom. The molecular weight excluding hydrogens is 101 g/mol. The third-order valence-corrected chi connectivity index (χ3v) is 0.500. The molecule has 0 heterocycles. The third-order valence-electron chi connectivity index (χ3n) is 0.500. The van der Waals surface area contributed by atoms with Gasteiger partial charge in [0.2, 0.25) is 0 Å². The van der Waals surface area contributed by atoms with Crippen molar-refractivity contribution in [2.75, 3.05) is 13.1 Å². The van der Waals surface area contributed by atoms with Gasteiger partial charge in [-0.3, -0.25) is 0 Å². The second-order valence-electron chi connectivity index (χ2n) is 0.957. The quantitative estimate of drug-likeness (QED) is 0.496. The van der Waals surface area contributed by atoms with E-state index >= 15 is 0 Å². The Labute approximate surface area is 82.3 Å². The zero-order valence-corrected chi connectivity index (χ0v) is 3.91. The summed E-state index contributed by atoms with van der Waals surface area (Å²) in [5, 5.41) is 3.11. The van der Waals surface area contributed by atoms with Crippen LogP contribution in [-0.2, 0) is 0 Å². The van der Waals surface area contributed by atoms with Gasteiger partial charge < -0.3 is 5.32 Å². The summed E-state index contributed by atoms with van der Waals surface area (Å²) in [5.74, 6) is 0. The SMILES string of the molecule is CCNCC.[KH]. The van der Waals surface area contributed by atoms with Crippen LogP contribution in [0.25, 0.3) is 0 Å². The van der Waals surface area contributed by atoms with Crippen molar-refractivity contribution in [2.24, 2.45) is 0 Å². The van der Waals surface area contributed by atoms with E-state index in [1.807, 2.05) is 0 Å². The maximum atomic E-state index is 3.11. The Bertz CT molecular complexity index is 15.0. The molecule has 0 aromatic rings. The normalized spacial score (nSPS) is 7.00. The second-order valence-corrected chi connectivity index (χ2v) is 0.957. The molecule has 0 aliphatic heterocycles. The average molecular weight is 113 g/mol. The fourth-order valence-corrected chi connectivity index (χ4v) is 0.250. The molecule has 0 saturated heterocycles. The van der Waals surface area contributed by atoms with Crippen LogP contribution in [0.1, 0.15) is 13.8 Å². The summed E-state index contributed by atoms with van der Waals surface area (Å²) in [7, 11) is 0. The van der Waals surface area contributed by atoms with E-state index in [0.717, 1.165) is 13.1 Å². The van der Waals surface area contributed by atoms with Crippen molar-refractivity contribution in [2.45, 2.75) is 13.8 Å². The summed E-state index contributed by atoms with van der Waals surface area (Å²) in [6.45, 7) is 6.39. The van der Waals surface area contributed by atoms with Gasteiger partial charge in [-0.05, 0) is 13.1 Å². The van der Waals surface area contributed by atoms with E-state index in [1.54, 1.807) is 0 Å². The van der Waals surface area contributed by atoms with Gasteiger partial charge >= 0.3 is 51.4 Å². The summed E-state index contributed by atoms with van der Waals surface area (Å²) in [5.41, 5.74) is 0. The maximum absolute atomic E-state index is 3.11. The Morgan fingerprint density at radius 1 is 1.17 bits per heavy atom. The number of hydrogen-bond acceptors (Lipinski definition) is 1. The molecule has 0 aromatic heterocycles. The van der Waals surface area contributed by atoms with Crippen LogP contribution in [0.3, 0.4) is 0 Å². The summed E-state index contributed by atoms with van der Waals surface area (Å²) in [6, 6.07) is 0. The van der Waals surface area contributed by atoms with Crippen LogP contribution in [0, 0.1) is 0 Å². The Hall–Kier alpha value is 1.60. The molecule has 1 N–H and O–H groups in total. The molecule has 0 amide bonds. The number of rotatable bonds is 2. The summed E-state index contributed by atoms with van der Waals surface area (Å²) in [4.78, 5) is 0. The second kappa shape index (κ2) is 9.78. The third kappa shape index (κ3) is 9.14. The molecule has 2 heteroatoms. The van der Waals surface area contributed by atoms with Crippen LogP contribution in [0.5, 0.6) is 0 Å². The predicted molar refractivity (Wildman–Crippen MR) is 31.4 cm³/mol. The van der Waals surface area contributed by atoms with E-state index in [9.17, 15) is 0 Å². The molecule has 0 unspecified atom stereocenters. The summed E-state index contributed by atoms with van der Waals surface area (Å²) >= 11 is 0. The molecular formula is C4H12KN.